The maximum Gasteiger partial charge on any atom is 0.416 e. The summed E-state index contributed by atoms with van der Waals surface area (Å²) in [6.45, 7) is 5.77. The zero-order chi connectivity index (χ0) is 25.5. The number of piperidine rings is 1. The number of hydrogen-bond acceptors (Lipinski definition) is 3. The minimum atomic E-state index is -4.43. The Hall–Kier alpha value is -2.29. The van der Waals surface area contributed by atoms with E-state index >= 15 is 0 Å². The van der Waals surface area contributed by atoms with Crippen molar-refractivity contribution in [3.05, 3.63) is 62.3 Å². The Balaban J connectivity index is 1.57. The quantitative estimate of drug-likeness (QED) is 0.386. The fourth-order valence-electron chi connectivity index (χ4n) is 4.74. The minimum Gasteiger partial charge on any atom is -0.481 e. The fourth-order valence-corrected chi connectivity index (χ4v) is 5.29. The van der Waals surface area contributed by atoms with Gasteiger partial charge in [0.2, 0.25) is 0 Å². The van der Waals surface area contributed by atoms with E-state index in [1.54, 1.807) is 24.6 Å². The van der Waals surface area contributed by atoms with Crippen LogP contribution in [-0.4, -0.2) is 38.8 Å². The van der Waals surface area contributed by atoms with E-state index in [2.05, 4.69) is 10.00 Å². The molecule has 0 saturated carbocycles. The molecule has 0 unspecified atom stereocenters. The van der Waals surface area contributed by atoms with Crippen molar-refractivity contribution in [3.8, 4) is 0 Å². The van der Waals surface area contributed by atoms with Crippen molar-refractivity contribution in [1.29, 1.82) is 0 Å². The van der Waals surface area contributed by atoms with Gasteiger partial charge in [-0.25, -0.2) is 0 Å². The molecule has 188 valence electrons. The Morgan fingerprint density at radius 2 is 1.83 bits per heavy atom. The topological polar surface area (TPSA) is 58.4 Å². The molecule has 1 fully saturated rings. The number of likely N-dealkylation sites (tertiary alicyclic amines) is 1. The van der Waals surface area contributed by atoms with Crippen LogP contribution < -0.4 is 0 Å². The Labute approximate surface area is 211 Å². The van der Waals surface area contributed by atoms with Crippen molar-refractivity contribution in [2.24, 2.45) is 5.92 Å². The third-order valence-electron chi connectivity index (χ3n) is 6.76. The number of halogens is 5. The van der Waals surface area contributed by atoms with Gasteiger partial charge in [-0.1, -0.05) is 29.3 Å². The summed E-state index contributed by atoms with van der Waals surface area (Å²) in [6.07, 6.45) is -2.59. The number of benzene rings is 2. The SMILES string of the molecule is Cc1cc(C(F)(F)F)cc2c(C)n(Cc3c(Cl)ccc(CN4CCC(CC(=O)O)CC4)c3Cl)nc12. The van der Waals surface area contributed by atoms with Crippen molar-refractivity contribution >= 4 is 40.1 Å². The molecule has 5 nitrogen and oxygen atoms in total. The molecule has 0 radical (unpaired) electrons. The van der Waals surface area contributed by atoms with Gasteiger partial charge < -0.3 is 5.11 Å². The molecular weight excluding hydrogens is 502 g/mol. The predicted octanol–water partition coefficient (Wildman–Crippen LogP) is 6.71. The summed E-state index contributed by atoms with van der Waals surface area (Å²) in [7, 11) is 0. The summed E-state index contributed by atoms with van der Waals surface area (Å²) in [5, 5.41) is 15.0. The highest BCUT2D eigenvalue weighted by Crippen LogP contribution is 2.35. The van der Waals surface area contributed by atoms with Crippen molar-refractivity contribution in [3.63, 3.8) is 0 Å². The molecule has 0 aliphatic carbocycles. The van der Waals surface area contributed by atoms with Crippen LogP contribution in [0.4, 0.5) is 13.2 Å². The molecule has 1 aromatic heterocycles. The highest BCUT2D eigenvalue weighted by molar-refractivity contribution is 6.36. The second-order valence-electron chi connectivity index (χ2n) is 9.25. The molecule has 1 saturated heterocycles. The molecule has 0 spiro atoms. The minimum absolute atomic E-state index is 0.193. The van der Waals surface area contributed by atoms with Gasteiger partial charge in [-0.3, -0.25) is 14.4 Å². The molecular formula is C25H26Cl2F3N3O2. The van der Waals surface area contributed by atoms with E-state index in [4.69, 9.17) is 28.3 Å². The average molecular weight is 528 g/mol. The van der Waals surface area contributed by atoms with Gasteiger partial charge in [-0.2, -0.15) is 18.3 Å². The van der Waals surface area contributed by atoms with E-state index in [0.29, 0.717) is 44.3 Å². The van der Waals surface area contributed by atoms with E-state index in [0.717, 1.165) is 43.6 Å². The van der Waals surface area contributed by atoms with Crippen molar-refractivity contribution < 1.29 is 23.1 Å². The molecule has 1 N–H and O–H groups in total. The summed E-state index contributed by atoms with van der Waals surface area (Å²) in [5.74, 6) is -0.571. The van der Waals surface area contributed by atoms with Crippen molar-refractivity contribution in [1.82, 2.24) is 14.7 Å². The molecule has 4 rings (SSSR count). The van der Waals surface area contributed by atoms with Crippen LogP contribution in [0.15, 0.2) is 24.3 Å². The number of fused-ring (bicyclic) bond motifs is 1. The summed E-state index contributed by atoms with van der Waals surface area (Å²) in [6, 6.07) is 5.90. The number of rotatable bonds is 6. The molecule has 2 heterocycles. The van der Waals surface area contributed by atoms with Gasteiger partial charge in [0.1, 0.15) is 0 Å². The molecule has 3 aromatic rings. The van der Waals surface area contributed by atoms with Crippen LogP contribution in [0.5, 0.6) is 0 Å². The maximum atomic E-state index is 13.3. The van der Waals surface area contributed by atoms with Gasteiger partial charge in [0.25, 0.3) is 0 Å². The Morgan fingerprint density at radius 3 is 2.46 bits per heavy atom. The largest absolute Gasteiger partial charge is 0.481 e. The summed E-state index contributed by atoms with van der Waals surface area (Å²) >= 11 is 13.3. The van der Waals surface area contributed by atoms with Gasteiger partial charge >= 0.3 is 12.1 Å². The number of carboxylic acids is 1. The van der Waals surface area contributed by atoms with Crippen LogP contribution in [0.3, 0.4) is 0 Å². The number of nitrogens with zero attached hydrogens (tertiary/aromatic N) is 3. The van der Waals surface area contributed by atoms with Crippen LogP contribution in [0.1, 0.15) is 47.2 Å². The van der Waals surface area contributed by atoms with Crippen LogP contribution in [0.2, 0.25) is 10.0 Å². The Kier molecular flexibility index (Phi) is 7.36. The van der Waals surface area contributed by atoms with Crippen molar-refractivity contribution in [2.45, 2.75) is 52.4 Å². The van der Waals surface area contributed by atoms with Gasteiger partial charge in [0, 0.05) is 34.6 Å². The lowest BCUT2D eigenvalue weighted by Crippen LogP contribution is -2.34. The number of aromatic nitrogens is 2. The van der Waals surface area contributed by atoms with Crippen molar-refractivity contribution in [2.75, 3.05) is 13.1 Å². The molecule has 2 aromatic carbocycles. The lowest BCUT2D eigenvalue weighted by molar-refractivity contribution is -0.139. The number of aliphatic carboxylic acids is 1. The highest BCUT2D eigenvalue weighted by atomic mass is 35.5. The van der Waals surface area contributed by atoms with Gasteiger partial charge in [0.05, 0.1) is 22.6 Å². The highest BCUT2D eigenvalue weighted by Gasteiger charge is 2.32. The number of aryl methyl sites for hydroxylation is 2. The van der Waals surface area contributed by atoms with Gasteiger partial charge in [0.15, 0.2) is 0 Å². The number of carboxylic acid groups (broad SMARTS) is 1. The standard InChI is InChI=1S/C25H26Cl2F3N3O2/c1-14-9-18(25(28,29)30)11-19-15(2)33(31-24(14)19)13-20-21(26)4-3-17(23(20)27)12-32-7-5-16(6-8-32)10-22(34)35/h3-4,9,11,16H,5-8,10,12-13H2,1-2H3,(H,34,35). The third-order valence-corrected chi connectivity index (χ3v) is 7.59. The lowest BCUT2D eigenvalue weighted by Gasteiger charge is -2.31. The predicted molar refractivity (Wildman–Crippen MR) is 130 cm³/mol. The summed E-state index contributed by atoms with van der Waals surface area (Å²) < 4.78 is 41.6. The normalized spacial score (nSPS) is 15.7. The molecule has 0 bridgehead atoms. The number of hydrogen-bond donors (Lipinski definition) is 1. The molecule has 0 amide bonds. The number of carbonyl (C=O) groups is 1. The van der Waals surface area contributed by atoms with E-state index in [1.807, 2.05) is 6.07 Å². The first-order valence-corrected chi connectivity index (χ1v) is 12.1. The third kappa shape index (κ3) is 5.60. The monoisotopic (exact) mass is 527 g/mol. The molecule has 35 heavy (non-hydrogen) atoms. The first-order valence-electron chi connectivity index (χ1n) is 11.4. The lowest BCUT2D eigenvalue weighted by atomic mass is 9.93. The van der Waals surface area contributed by atoms with E-state index in [9.17, 15) is 18.0 Å². The Morgan fingerprint density at radius 1 is 1.14 bits per heavy atom. The average Bonchev–Trinajstić information content (AvgIpc) is 3.09. The van der Waals surface area contributed by atoms with Crippen LogP contribution in [-0.2, 0) is 24.1 Å². The van der Waals surface area contributed by atoms with Crippen LogP contribution in [0, 0.1) is 19.8 Å². The number of alkyl halides is 3. The molecule has 10 heteroatoms. The second kappa shape index (κ2) is 9.99. The molecule has 1 aliphatic rings. The first-order chi connectivity index (χ1) is 16.4. The Bertz CT molecular complexity index is 1270. The van der Waals surface area contributed by atoms with E-state index in [-0.39, 0.29) is 18.9 Å². The second-order valence-corrected chi connectivity index (χ2v) is 10.0. The zero-order valence-corrected chi connectivity index (χ0v) is 20.9. The molecule has 1 aliphatic heterocycles. The zero-order valence-electron chi connectivity index (χ0n) is 19.4. The smallest absolute Gasteiger partial charge is 0.416 e. The first kappa shape index (κ1) is 25.8. The van der Waals surface area contributed by atoms with Gasteiger partial charge in [-0.05, 0) is 75.0 Å². The maximum absolute atomic E-state index is 13.3. The fraction of sp³-hybridized carbons (Fsp3) is 0.440. The van der Waals surface area contributed by atoms with Crippen LogP contribution in [0.25, 0.3) is 10.9 Å². The van der Waals surface area contributed by atoms with E-state index in [1.165, 1.54) is 0 Å². The summed E-state index contributed by atoms with van der Waals surface area (Å²) in [4.78, 5) is 13.2. The van der Waals surface area contributed by atoms with Gasteiger partial charge in [-0.15, -0.1) is 0 Å². The van der Waals surface area contributed by atoms with Crippen LogP contribution >= 0.6 is 23.2 Å². The van der Waals surface area contributed by atoms with E-state index < -0.39 is 17.7 Å². The summed E-state index contributed by atoms with van der Waals surface area (Å²) in [5.41, 5.74) is 2.43. The molecule has 0 atom stereocenters.